The van der Waals surface area contributed by atoms with Crippen LogP contribution in [0.5, 0.6) is 0 Å². The Hall–Kier alpha value is -8.06. The van der Waals surface area contributed by atoms with Crippen molar-refractivity contribution in [2.45, 2.75) is 25.4 Å². The van der Waals surface area contributed by atoms with Gasteiger partial charge in [0.25, 0.3) is 0 Å². The molecular formula is C60H40N4OS. The zero-order chi connectivity index (χ0) is 43.7. The molecule has 1 aliphatic heterocycles. The number of nitrogens with one attached hydrogen (secondary N) is 1. The van der Waals surface area contributed by atoms with Crippen molar-refractivity contribution < 1.29 is 4.42 Å². The van der Waals surface area contributed by atoms with Gasteiger partial charge < -0.3 is 14.3 Å². The summed E-state index contributed by atoms with van der Waals surface area (Å²) in [4.78, 5) is 10.7. The first-order valence-electron chi connectivity index (χ1n) is 22.6. The topological polar surface area (TPSA) is 54.8 Å². The molecule has 6 heteroatoms. The van der Waals surface area contributed by atoms with Gasteiger partial charge in [0, 0.05) is 63.9 Å². The minimum absolute atomic E-state index is 0.143. The van der Waals surface area contributed by atoms with Gasteiger partial charge in [0.2, 0.25) is 0 Å². The Kier molecular flexibility index (Phi) is 7.90. The first kappa shape index (κ1) is 37.3. The SMILES string of the molecule is CC1(C)c2ccccc2-c2ccc(C3=NC(c4ccccc4)NC(c4cccc5oc6ccc(-c7cccc8sc9cc(-n%10c%11ccccc%11c%11ccccc%11%10)ccc9c78)cc6c45)=N3)cc21. The van der Waals surface area contributed by atoms with Crippen LogP contribution < -0.4 is 5.32 Å². The van der Waals surface area contributed by atoms with Crippen LogP contribution in [-0.2, 0) is 5.41 Å². The van der Waals surface area contributed by atoms with Crippen LogP contribution in [0.25, 0.3) is 91.9 Å². The zero-order valence-electron chi connectivity index (χ0n) is 36.2. The number of rotatable bonds is 5. The van der Waals surface area contributed by atoms with Crippen LogP contribution in [0.1, 0.15) is 47.8 Å². The van der Waals surface area contributed by atoms with Gasteiger partial charge in [-0.05, 0) is 93.5 Å². The number of aliphatic imine (C=N–C) groups is 2. The average molecular weight is 865 g/mol. The van der Waals surface area contributed by atoms with Gasteiger partial charge in [0.05, 0.1) is 11.0 Å². The van der Waals surface area contributed by atoms with Crippen molar-refractivity contribution in [2.24, 2.45) is 9.98 Å². The number of para-hydroxylation sites is 2. The van der Waals surface area contributed by atoms with Crippen LogP contribution in [0.2, 0.25) is 0 Å². The molecule has 66 heavy (non-hydrogen) atoms. The highest BCUT2D eigenvalue weighted by Gasteiger charge is 2.36. The highest BCUT2D eigenvalue weighted by atomic mass is 32.1. The number of fused-ring (bicyclic) bond motifs is 12. The second kappa shape index (κ2) is 14.0. The molecule has 2 aliphatic rings. The van der Waals surface area contributed by atoms with E-state index in [0.29, 0.717) is 5.84 Å². The summed E-state index contributed by atoms with van der Waals surface area (Å²) >= 11 is 1.85. The van der Waals surface area contributed by atoms with Crippen molar-refractivity contribution in [1.82, 2.24) is 9.88 Å². The molecule has 1 aliphatic carbocycles. The molecule has 0 bridgehead atoms. The predicted molar refractivity (Wildman–Crippen MR) is 276 cm³/mol. The summed E-state index contributed by atoms with van der Waals surface area (Å²) in [7, 11) is 0. The number of hydrogen-bond donors (Lipinski definition) is 1. The molecule has 4 heterocycles. The van der Waals surface area contributed by atoms with Crippen molar-refractivity contribution >= 4 is 86.9 Å². The number of aromatic nitrogens is 1. The fourth-order valence-corrected chi connectivity index (χ4v) is 12.1. The van der Waals surface area contributed by atoms with E-state index in [2.05, 4.69) is 212 Å². The molecule has 14 rings (SSSR count). The van der Waals surface area contributed by atoms with Crippen molar-refractivity contribution in [3.8, 4) is 27.9 Å². The van der Waals surface area contributed by atoms with Crippen molar-refractivity contribution in [1.29, 1.82) is 0 Å². The van der Waals surface area contributed by atoms with E-state index in [1.807, 2.05) is 17.4 Å². The number of furan rings is 1. The fraction of sp³-hybridized carbons (Fsp3) is 0.0667. The highest BCUT2D eigenvalue weighted by molar-refractivity contribution is 7.26. The Labute approximate surface area is 384 Å². The Bertz CT molecular complexity index is 4020. The monoisotopic (exact) mass is 864 g/mol. The number of nitrogens with zero attached hydrogens (tertiary/aromatic N) is 3. The van der Waals surface area contributed by atoms with E-state index in [9.17, 15) is 0 Å². The molecule has 5 nitrogen and oxygen atoms in total. The summed E-state index contributed by atoms with van der Waals surface area (Å²) in [6, 6.07) is 70.0. The van der Waals surface area contributed by atoms with Crippen molar-refractivity contribution in [2.75, 3.05) is 0 Å². The summed E-state index contributed by atoms with van der Waals surface area (Å²) in [5, 5.41) is 10.9. The Morgan fingerprint density at radius 1 is 0.515 bits per heavy atom. The lowest BCUT2D eigenvalue weighted by atomic mass is 9.82. The summed E-state index contributed by atoms with van der Waals surface area (Å²) in [6.45, 7) is 4.63. The molecule has 1 atom stereocenters. The van der Waals surface area contributed by atoms with Crippen LogP contribution in [0.4, 0.5) is 0 Å². The Morgan fingerprint density at radius 2 is 1.23 bits per heavy atom. The van der Waals surface area contributed by atoms with E-state index < -0.39 is 0 Å². The largest absolute Gasteiger partial charge is 0.456 e. The van der Waals surface area contributed by atoms with E-state index >= 15 is 0 Å². The molecule has 1 unspecified atom stereocenters. The van der Waals surface area contributed by atoms with Gasteiger partial charge in [0.1, 0.15) is 23.2 Å². The third kappa shape index (κ3) is 5.45. The highest BCUT2D eigenvalue weighted by Crippen LogP contribution is 2.49. The predicted octanol–water partition coefficient (Wildman–Crippen LogP) is 15.5. The van der Waals surface area contributed by atoms with E-state index in [-0.39, 0.29) is 11.6 Å². The maximum atomic E-state index is 6.64. The summed E-state index contributed by atoms with van der Waals surface area (Å²) < 4.78 is 11.6. The van der Waals surface area contributed by atoms with Gasteiger partial charge in [-0.1, -0.05) is 153 Å². The minimum Gasteiger partial charge on any atom is -0.456 e. The minimum atomic E-state index is -0.337. The van der Waals surface area contributed by atoms with Crippen LogP contribution in [0.15, 0.2) is 209 Å². The summed E-state index contributed by atoms with van der Waals surface area (Å²) in [5.74, 6) is 1.47. The lowest BCUT2D eigenvalue weighted by Gasteiger charge is -2.25. The van der Waals surface area contributed by atoms with Crippen LogP contribution in [0.3, 0.4) is 0 Å². The van der Waals surface area contributed by atoms with Crippen LogP contribution >= 0.6 is 11.3 Å². The van der Waals surface area contributed by atoms with Crippen LogP contribution in [0, 0.1) is 0 Å². The molecular weight excluding hydrogens is 825 g/mol. The van der Waals surface area contributed by atoms with Gasteiger partial charge in [-0.3, -0.25) is 0 Å². The first-order chi connectivity index (χ1) is 32.5. The van der Waals surface area contributed by atoms with Gasteiger partial charge >= 0.3 is 0 Å². The number of thiophene rings is 1. The average Bonchev–Trinajstić information content (AvgIpc) is 4.10. The first-order valence-corrected chi connectivity index (χ1v) is 23.4. The van der Waals surface area contributed by atoms with Crippen molar-refractivity contribution in [3.63, 3.8) is 0 Å². The molecule has 9 aromatic carbocycles. The van der Waals surface area contributed by atoms with Gasteiger partial charge in [0.15, 0.2) is 5.84 Å². The fourth-order valence-electron chi connectivity index (χ4n) is 11.0. The maximum Gasteiger partial charge on any atom is 0.159 e. The molecule has 0 amide bonds. The molecule has 312 valence electrons. The number of hydrogen-bond acceptors (Lipinski definition) is 5. The maximum absolute atomic E-state index is 6.64. The Balaban J connectivity index is 0.903. The molecule has 0 saturated heterocycles. The lowest BCUT2D eigenvalue weighted by molar-refractivity contribution is 0.659. The van der Waals surface area contributed by atoms with Gasteiger partial charge in [-0.15, -0.1) is 11.3 Å². The second-order valence-electron chi connectivity index (χ2n) is 18.1. The molecule has 3 aromatic heterocycles. The standard InChI is InChI=1S/C60H40N4OS/c1-60(2)47-21-9-6-16-40(47)41-29-26-37(33-48(41)60)58-61-57(35-14-4-3-5-15-35)62-59(63-58)45-20-12-24-52-55(45)46-32-36(27-31-51(46)65-52)39-19-13-25-53-56(39)44-30-28-38(34-54(44)66-53)64-49-22-10-7-17-42(49)43-18-8-11-23-50(43)64/h3-34,57H,1-2H3,(H,61,62,63). The molecule has 0 fully saturated rings. The third-order valence-electron chi connectivity index (χ3n) is 14.1. The summed E-state index contributed by atoms with van der Waals surface area (Å²) in [6.07, 6.45) is -0.337. The molecule has 0 spiro atoms. The van der Waals surface area contributed by atoms with Gasteiger partial charge in [-0.2, -0.15) is 0 Å². The van der Waals surface area contributed by atoms with Gasteiger partial charge in [-0.25, -0.2) is 9.98 Å². The molecule has 1 N–H and O–H groups in total. The molecule has 0 saturated carbocycles. The smallest absolute Gasteiger partial charge is 0.159 e. The number of benzene rings is 9. The van der Waals surface area contributed by atoms with E-state index in [1.165, 1.54) is 75.5 Å². The molecule has 0 radical (unpaired) electrons. The zero-order valence-corrected chi connectivity index (χ0v) is 37.0. The van der Waals surface area contributed by atoms with E-state index in [4.69, 9.17) is 14.4 Å². The molecule has 12 aromatic rings. The van der Waals surface area contributed by atoms with E-state index in [1.54, 1.807) is 0 Å². The van der Waals surface area contributed by atoms with Crippen LogP contribution in [-0.4, -0.2) is 16.2 Å². The normalized spacial score (nSPS) is 15.4. The Morgan fingerprint density at radius 3 is 2.08 bits per heavy atom. The third-order valence-corrected chi connectivity index (χ3v) is 15.2. The second-order valence-corrected chi connectivity index (χ2v) is 19.2. The lowest BCUT2D eigenvalue weighted by Crippen LogP contribution is -2.33. The van der Waals surface area contributed by atoms with E-state index in [0.717, 1.165) is 50.0 Å². The summed E-state index contributed by atoms with van der Waals surface area (Å²) in [5.41, 5.74) is 15.7. The number of amidine groups is 2. The quantitative estimate of drug-likeness (QED) is 0.187. The van der Waals surface area contributed by atoms with Crippen molar-refractivity contribution in [3.05, 3.63) is 222 Å².